The van der Waals surface area contributed by atoms with E-state index in [1.807, 2.05) is 0 Å². The van der Waals surface area contributed by atoms with Crippen LogP contribution in [-0.4, -0.2) is 67.2 Å². The van der Waals surface area contributed by atoms with Crippen molar-refractivity contribution in [1.82, 2.24) is 14.4 Å². The summed E-state index contributed by atoms with van der Waals surface area (Å²) in [5.41, 5.74) is -0.0955. The highest BCUT2D eigenvalue weighted by Gasteiger charge is 2.54. The number of ether oxygens (including phenoxy) is 1. The van der Waals surface area contributed by atoms with Gasteiger partial charge in [0.1, 0.15) is 0 Å². The van der Waals surface area contributed by atoms with Gasteiger partial charge >= 0.3 is 0 Å². The van der Waals surface area contributed by atoms with Crippen molar-refractivity contribution in [2.45, 2.75) is 24.5 Å². The first kappa shape index (κ1) is 14.9. The minimum absolute atomic E-state index is 0.0955. The van der Waals surface area contributed by atoms with E-state index in [4.69, 9.17) is 9.26 Å². The van der Waals surface area contributed by atoms with Gasteiger partial charge < -0.3 is 14.2 Å². The zero-order valence-corrected chi connectivity index (χ0v) is 13.7. The highest BCUT2D eigenvalue weighted by atomic mass is 32.2. The van der Waals surface area contributed by atoms with Gasteiger partial charge in [-0.1, -0.05) is 0 Å². The molecule has 0 aromatic carbocycles. The van der Waals surface area contributed by atoms with Gasteiger partial charge in [-0.3, -0.25) is 4.79 Å². The van der Waals surface area contributed by atoms with Crippen molar-refractivity contribution >= 4 is 15.9 Å². The summed E-state index contributed by atoms with van der Waals surface area (Å²) in [6.45, 7) is 2.21. The van der Waals surface area contributed by atoms with Gasteiger partial charge in [-0.05, 0) is 24.4 Å². The Balaban J connectivity index is 1.38. The molecule has 1 amide bonds. The fraction of sp³-hybridized carbons (Fsp3) is 0.714. The van der Waals surface area contributed by atoms with E-state index in [1.165, 1.54) is 13.2 Å². The Morgan fingerprint density at radius 3 is 2.74 bits per heavy atom. The number of likely N-dealkylation sites (tertiary alicyclic amines) is 1. The number of amides is 1. The molecule has 1 saturated carbocycles. The number of aromatic nitrogens is 1. The molecule has 9 heteroatoms. The summed E-state index contributed by atoms with van der Waals surface area (Å²) < 4.78 is 36.1. The van der Waals surface area contributed by atoms with E-state index < -0.39 is 10.0 Å². The predicted molar refractivity (Wildman–Crippen MR) is 79.5 cm³/mol. The van der Waals surface area contributed by atoms with Crippen molar-refractivity contribution < 1.29 is 22.5 Å². The lowest BCUT2D eigenvalue weighted by atomic mass is 9.79. The molecule has 4 rings (SSSR count). The van der Waals surface area contributed by atoms with Crippen LogP contribution in [-0.2, 0) is 10.0 Å². The lowest BCUT2D eigenvalue weighted by Crippen LogP contribution is -2.59. The molecule has 2 aliphatic heterocycles. The van der Waals surface area contributed by atoms with Crippen molar-refractivity contribution in [3.8, 4) is 5.88 Å². The average Bonchev–Trinajstić information content (AvgIpc) is 3.09. The smallest absolute Gasteiger partial charge is 0.292 e. The summed E-state index contributed by atoms with van der Waals surface area (Å²) >= 11 is 0. The van der Waals surface area contributed by atoms with Crippen molar-refractivity contribution in [3.05, 3.63) is 11.8 Å². The Labute approximate surface area is 134 Å². The van der Waals surface area contributed by atoms with E-state index in [0.29, 0.717) is 26.2 Å². The Morgan fingerprint density at radius 2 is 2.13 bits per heavy atom. The molecule has 0 bridgehead atoms. The molecule has 1 aromatic heterocycles. The molecule has 2 saturated heterocycles. The van der Waals surface area contributed by atoms with Crippen molar-refractivity contribution in [1.29, 1.82) is 0 Å². The van der Waals surface area contributed by atoms with Crippen LogP contribution < -0.4 is 4.74 Å². The largest absolute Gasteiger partial charge is 0.479 e. The number of carbonyl (C=O) groups excluding carboxylic acids is 1. The molecule has 1 spiro atoms. The van der Waals surface area contributed by atoms with Gasteiger partial charge in [-0.2, -0.15) is 0 Å². The van der Waals surface area contributed by atoms with Crippen molar-refractivity contribution in [3.63, 3.8) is 0 Å². The molecule has 3 aliphatic rings. The fourth-order valence-corrected chi connectivity index (χ4v) is 5.42. The van der Waals surface area contributed by atoms with Crippen LogP contribution in [0.15, 0.2) is 10.6 Å². The maximum absolute atomic E-state index is 12.3. The number of rotatable bonds is 4. The van der Waals surface area contributed by atoms with E-state index in [-0.39, 0.29) is 28.2 Å². The molecular weight excluding hydrogens is 322 g/mol. The topological polar surface area (TPSA) is 93.0 Å². The van der Waals surface area contributed by atoms with Crippen LogP contribution in [0.2, 0.25) is 0 Å². The molecule has 0 atom stereocenters. The van der Waals surface area contributed by atoms with Gasteiger partial charge in [-0.25, -0.2) is 12.7 Å². The van der Waals surface area contributed by atoms with Crippen LogP contribution in [0.4, 0.5) is 0 Å². The standard InChI is InChI=1S/C14H19N3O5S/c1-21-12-6-11(22-15-12)13(18)16-7-14(8-16)4-5-17(9-14)23(19,20)10-2-3-10/h6,10H,2-5,7-9H2,1H3. The summed E-state index contributed by atoms with van der Waals surface area (Å²) in [6, 6.07) is 1.46. The minimum atomic E-state index is -3.12. The van der Waals surface area contributed by atoms with Gasteiger partial charge in [0.05, 0.1) is 18.4 Å². The lowest BCUT2D eigenvalue weighted by molar-refractivity contribution is 0.0105. The third-order valence-corrected chi connectivity index (χ3v) is 7.30. The summed E-state index contributed by atoms with van der Waals surface area (Å²) in [6.07, 6.45) is 2.37. The molecule has 23 heavy (non-hydrogen) atoms. The summed E-state index contributed by atoms with van der Waals surface area (Å²) in [5.74, 6) is 0.193. The van der Waals surface area contributed by atoms with E-state index in [9.17, 15) is 13.2 Å². The van der Waals surface area contributed by atoms with Crippen molar-refractivity contribution in [2.24, 2.45) is 5.41 Å². The monoisotopic (exact) mass is 341 g/mol. The zero-order chi connectivity index (χ0) is 16.2. The van der Waals surface area contributed by atoms with E-state index >= 15 is 0 Å². The maximum Gasteiger partial charge on any atom is 0.292 e. The van der Waals surface area contributed by atoms with Crippen LogP contribution >= 0.6 is 0 Å². The average molecular weight is 341 g/mol. The molecule has 0 radical (unpaired) electrons. The van der Waals surface area contributed by atoms with Gasteiger partial charge in [0.15, 0.2) is 0 Å². The van der Waals surface area contributed by atoms with E-state index in [0.717, 1.165) is 19.3 Å². The maximum atomic E-state index is 12.3. The first-order valence-electron chi connectivity index (χ1n) is 7.72. The Bertz CT molecular complexity index is 733. The van der Waals surface area contributed by atoms with Gasteiger partial charge in [0, 0.05) is 31.6 Å². The highest BCUT2D eigenvalue weighted by molar-refractivity contribution is 7.90. The SMILES string of the molecule is COc1cc(C(=O)N2CC3(CCN(S(=O)(=O)C4CC4)C3)C2)on1. The minimum Gasteiger partial charge on any atom is -0.479 e. The molecule has 1 aromatic rings. The van der Waals surface area contributed by atoms with Gasteiger partial charge in [0.2, 0.25) is 15.8 Å². The molecule has 0 N–H and O–H groups in total. The highest BCUT2D eigenvalue weighted by Crippen LogP contribution is 2.43. The van der Waals surface area contributed by atoms with E-state index in [2.05, 4.69) is 5.16 Å². The van der Waals surface area contributed by atoms with Gasteiger partial charge in [0.25, 0.3) is 11.8 Å². The molecule has 1 aliphatic carbocycles. The normalized spacial score (nSPS) is 24.0. The third kappa shape index (κ3) is 2.42. The second-order valence-electron chi connectivity index (χ2n) is 6.72. The molecule has 8 nitrogen and oxygen atoms in total. The predicted octanol–water partition coefficient (Wildman–Crippen LogP) is 0.323. The number of carbonyl (C=O) groups is 1. The fourth-order valence-electron chi connectivity index (χ4n) is 3.47. The Hall–Kier alpha value is -1.61. The second-order valence-corrected chi connectivity index (χ2v) is 8.94. The Kier molecular flexibility index (Phi) is 3.21. The summed E-state index contributed by atoms with van der Waals surface area (Å²) in [4.78, 5) is 14.0. The van der Waals surface area contributed by atoms with Gasteiger partial charge in [-0.15, -0.1) is 0 Å². The number of nitrogens with zero attached hydrogens (tertiary/aromatic N) is 3. The number of methoxy groups -OCH3 is 1. The number of hydrogen-bond donors (Lipinski definition) is 0. The molecular formula is C14H19N3O5S. The molecule has 3 heterocycles. The lowest BCUT2D eigenvalue weighted by Gasteiger charge is -2.47. The quantitative estimate of drug-likeness (QED) is 0.783. The third-order valence-electron chi connectivity index (χ3n) is 4.96. The molecule has 0 unspecified atom stereocenters. The second kappa shape index (κ2) is 4.94. The van der Waals surface area contributed by atoms with Crippen molar-refractivity contribution in [2.75, 3.05) is 33.3 Å². The van der Waals surface area contributed by atoms with E-state index in [1.54, 1.807) is 9.21 Å². The molecule has 3 fully saturated rings. The summed E-state index contributed by atoms with van der Waals surface area (Å²) in [5, 5.41) is 3.45. The summed E-state index contributed by atoms with van der Waals surface area (Å²) in [7, 11) is -1.66. The van der Waals surface area contributed by atoms with Crippen LogP contribution in [0.5, 0.6) is 5.88 Å². The van der Waals surface area contributed by atoms with Crippen LogP contribution in [0, 0.1) is 5.41 Å². The Morgan fingerprint density at radius 1 is 1.39 bits per heavy atom. The van der Waals surface area contributed by atoms with Crippen LogP contribution in [0.25, 0.3) is 0 Å². The number of hydrogen-bond acceptors (Lipinski definition) is 6. The van der Waals surface area contributed by atoms with Crippen LogP contribution in [0.1, 0.15) is 29.8 Å². The van der Waals surface area contributed by atoms with Crippen LogP contribution in [0.3, 0.4) is 0 Å². The first-order chi connectivity index (χ1) is 10.9. The zero-order valence-electron chi connectivity index (χ0n) is 12.9. The number of sulfonamides is 1. The first-order valence-corrected chi connectivity index (χ1v) is 9.23. The molecule has 126 valence electrons.